The fourth-order valence-electron chi connectivity index (χ4n) is 4.54. The van der Waals surface area contributed by atoms with Crippen molar-refractivity contribution in [3.8, 4) is 11.1 Å². The summed E-state index contributed by atoms with van der Waals surface area (Å²) in [6, 6.07) is 9.66. The van der Waals surface area contributed by atoms with E-state index in [1.807, 2.05) is 25.1 Å². The lowest BCUT2D eigenvalue weighted by atomic mass is 9.91. The molecule has 4 nitrogen and oxygen atoms in total. The number of pyridine rings is 1. The van der Waals surface area contributed by atoms with E-state index in [2.05, 4.69) is 49.7 Å². The summed E-state index contributed by atoms with van der Waals surface area (Å²) in [5, 5.41) is 0.880. The van der Waals surface area contributed by atoms with Crippen LogP contribution < -0.4 is 5.30 Å². The number of aryl methyl sites for hydroxylation is 3. The Labute approximate surface area is 199 Å². The first-order valence-electron chi connectivity index (χ1n) is 11.4. The van der Waals surface area contributed by atoms with Crippen molar-refractivity contribution in [1.82, 2.24) is 4.98 Å². The Balaban J connectivity index is 2.33. The van der Waals surface area contributed by atoms with Crippen LogP contribution in [0, 0.1) is 12.8 Å². The maximum atomic E-state index is 12.6. The molecular weight excluding hydrogens is 485 g/mol. The number of halogens is 1. The third kappa shape index (κ3) is 5.34. The lowest BCUT2D eigenvalue weighted by molar-refractivity contribution is 0.387. The normalized spacial score (nSPS) is 12.2. The molecule has 0 radical (unpaired) electrons. The summed E-state index contributed by atoms with van der Waals surface area (Å²) in [4.78, 5) is 25.4. The smallest absolute Gasteiger partial charge is 0.321 e. The Bertz CT molecular complexity index is 1180. The van der Waals surface area contributed by atoms with Crippen molar-refractivity contribution in [3.05, 3.63) is 57.2 Å². The highest BCUT2D eigenvalue weighted by Gasteiger charge is 2.26. The van der Waals surface area contributed by atoms with Crippen molar-refractivity contribution in [1.29, 1.82) is 0 Å². The van der Waals surface area contributed by atoms with Crippen molar-refractivity contribution in [3.63, 3.8) is 0 Å². The maximum absolute atomic E-state index is 12.6. The van der Waals surface area contributed by atoms with Crippen LogP contribution in [0.3, 0.4) is 0 Å². The lowest BCUT2D eigenvalue weighted by Gasteiger charge is -2.20. The van der Waals surface area contributed by atoms with Gasteiger partial charge in [-0.05, 0) is 90.6 Å². The van der Waals surface area contributed by atoms with E-state index in [9.17, 15) is 14.4 Å². The van der Waals surface area contributed by atoms with E-state index in [0.29, 0.717) is 11.4 Å². The Kier molecular flexibility index (Phi) is 7.98. The molecule has 172 valence electrons. The first-order chi connectivity index (χ1) is 15.1. The van der Waals surface area contributed by atoms with Crippen LogP contribution in [0.2, 0.25) is 0 Å². The van der Waals surface area contributed by atoms with Crippen molar-refractivity contribution in [2.24, 2.45) is 5.92 Å². The first-order valence-corrected chi connectivity index (χ1v) is 13.8. The van der Waals surface area contributed by atoms with E-state index in [1.54, 1.807) is 6.07 Å². The van der Waals surface area contributed by atoms with E-state index in [0.717, 1.165) is 69.9 Å². The molecule has 3 rings (SSSR count). The topological polar surface area (TPSA) is 70.4 Å². The molecule has 3 aromatic rings. The minimum absolute atomic E-state index is 0.0229. The molecule has 0 aliphatic rings. The molecule has 0 aliphatic heterocycles. The van der Waals surface area contributed by atoms with Crippen molar-refractivity contribution >= 4 is 39.7 Å². The molecule has 0 saturated carbocycles. The van der Waals surface area contributed by atoms with Gasteiger partial charge in [0.25, 0.3) is 0 Å². The maximum Gasteiger partial charge on any atom is 0.358 e. The largest absolute Gasteiger partial charge is 0.358 e. The molecule has 0 bridgehead atoms. The van der Waals surface area contributed by atoms with Gasteiger partial charge in [0.05, 0.1) is 10.8 Å². The highest BCUT2D eigenvalue weighted by Crippen LogP contribution is 2.40. The third-order valence-electron chi connectivity index (χ3n) is 6.09. The fourth-order valence-corrected chi connectivity index (χ4v) is 5.77. The van der Waals surface area contributed by atoms with E-state index in [-0.39, 0.29) is 5.30 Å². The van der Waals surface area contributed by atoms with Crippen LogP contribution in [0.25, 0.3) is 22.0 Å². The zero-order chi connectivity index (χ0) is 23.6. The molecule has 32 heavy (non-hydrogen) atoms. The molecule has 0 aliphatic carbocycles. The van der Waals surface area contributed by atoms with Crippen molar-refractivity contribution in [2.75, 3.05) is 0 Å². The predicted octanol–water partition coefficient (Wildman–Crippen LogP) is 6.88. The van der Waals surface area contributed by atoms with Crippen LogP contribution in [-0.2, 0) is 23.8 Å². The van der Waals surface area contributed by atoms with Crippen LogP contribution in [-0.4, -0.2) is 14.8 Å². The molecule has 0 fully saturated rings. The van der Waals surface area contributed by atoms with E-state index >= 15 is 0 Å². The SMILES string of the molecule is CCc1c(CCCC(C)C)nc2c(P(=O)(O)O)cc(-c3ccc(Br)cc3C)cc2c1CC. The van der Waals surface area contributed by atoms with Gasteiger partial charge in [0, 0.05) is 15.6 Å². The average Bonchev–Trinajstić information content (AvgIpc) is 2.71. The van der Waals surface area contributed by atoms with Crippen LogP contribution in [0.1, 0.15) is 62.9 Å². The molecule has 2 N–H and O–H groups in total. The van der Waals surface area contributed by atoms with Gasteiger partial charge in [-0.2, -0.15) is 0 Å². The van der Waals surface area contributed by atoms with Gasteiger partial charge in [-0.1, -0.05) is 56.1 Å². The molecule has 0 saturated heterocycles. The number of hydrogen-bond acceptors (Lipinski definition) is 2. The van der Waals surface area contributed by atoms with Gasteiger partial charge >= 0.3 is 7.60 Å². The van der Waals surface area contributed by atoms with Gasteiger partial charge < -0.3 is 9.79 Å². The van der Waals surface area contributed by atoms with E-state index in [4.69, 9.17) is 4.98 Å². The summed E-state index contributed by atoms with van der Waals surface area (Å²) in [5.41, 5.74) is 6.64. The van der Waals surface area contributed by atoms with E-state index < -0.39 is 7.60 Å². The monoisotopic (exact) mass is 517 g/mol. The summed E-state index contributed by atoms with van der Waals surface area (Å²) in [6.07, 6.45) is 4.61. The number of nitrogens with zero attached hydrogens (tertiary/aromatic N) is 1. The minimum Gasteiger partial charge on any atom is -0.321 e. The third-order valence-corrected chi connectivity index (χ3v) is 7.55. The Hall–Kier alpha value is -1.52. The number of hydrogen-bond donors (Lipinski definition) is 2. The van der Waals surface area contributed by atoms with Crippen molar-refractivity contribution in [2.45, 2.75) is 66.7 Å². The summed E-state index contributed by atoms with van der Waals surface area (Å²) in [5.74, 6) is 0.619. The van der Waals surface area contributed by atoms with Gasteiger partial charge in [0.15, 0.2) is 0 Å². The molecule has 0 unspecified atom stereocenters. The molecule has 0 amide bonds. The van der Waals surface area contributed by atoms with Crippen LogP contribution in [0.5, 0.6) is 0 Å². The number of aromatic nitrogens is 1. The predicted molar refractivity (Wildman–Crippen MR) is 138 cm³/mol. The summed E-state index contributed by atoms with van der Waals surface area (Å²) < 4.78 is 13.6. The molecular formula is C26H33BrNO3P. The standard InChI is InChI=1S/C26H33BrNO3P/c1-6-20-21(7-2)24(10-8-9-16(3)4)28-26-23(20)14-18(15-25(26)32(29,30)31)22-12-11-19(27)13-17(22)5/h11-16H,6-10H2,1-5H3,(H2,29,30,31). The Morgan fingerprint density at radius 1 is 1.06 bits per heavy atom. The number of fused-ring (bicyclic) bond motifs is 1. The highest BCUT2D eigenvalue weighted by atomic mass is 79.9. The first kappa shape index (κ1) is 25.1. The molecule has 0 atom stereocenters. The average molecular weight is 518 g/mol. The van der Waals surface area contributed by atoms with Gasteiger partial charge in [-0.25, -0.2) is 0 Å². The lowest BCUT2D eigenvalue weighted by Crippen LogP contribution is -2.13. The molecule has 1 heterocycles. The van der Waals surface area contributed by atoms with Gasteiger partial charge in [-0.3, -0.25) is 9.55 Å². The molecule has 6 heteroatoms. The zero-order valence-electron chi connectivity index (χ0n) is 19.6. The summed E-state index contributed by atoms with van der Waals surface area (Å²) in [6.45, 7) is 10.7. The fraction of sp³-hybridized carbons (Fsp3) is 0.423. The van der Waals surface area contributed by atoms with E-state index in [1.165, 1.54) is 5.56 Å². The second kappa shape index (κ2) is 10.2. The summed E-state index contributed by atoms with van der Waals surface area (Å²) >= 11 is 3.50. The highest BCUT2D eigenvalue weighted by molar-refractivity contribution is 9.10. The van der Waals surface area contributed by atoms with Gasteiger partial charge in [-0.15, -0.1) is 0 Å². The van der Waals surface area contributed by atoms with Crippen molar-refractivity contribution < 1.29 is 14.4 Å². The second-order valence-corrected chi connectivity index (χ2v) is 11.4. The summed E-state index contributed by atoms with van der Waals surface area (Å²) in [7, 11) is -4.52. The van der Waals surface area contributed by atoms with Crippen LogP contribution >= 0.6 is 23.5 Å². The number of rotatable bonds is 8. The Morgan fingerprint density at radius 3 is 2.31 bits per heavy atom. The number of benzene rings is 2. The van der Waals surface area contributed by atoms with Gasteiger partial charge in [0.2, 0.25) is 0 Å². The molecule has 2 aromatic carbocycles. The van der Waals surface area contributed by atoms with Crippen LogP contribution in [0.4, 0.5) is 0 Å². The Morgan fingerprint density at radius 2 is 1.75 bits per heavy atom. The minimum atomic E-state index is -4.52. The quantitative estimate of drug-likeness (QED) is 0.319. The van der Waals surface area contributed by atoms with Gasteiger partial charge in [0.1, 0.15) is 0 Å². The molecule has 1 aromatic heterocycles. The molecule has 0 spiro atoms. The zero-order valence-corrected chi connectivity index (χ0v) is 22.1. The van der Waals surface area contributed by atoms with Crippen LogP contribution in [0.15, 0.2) is 34.8 Å². The second-order valence-electron chi connectivity index (χ2n) is 8.90.